The largest absolute Gasteiger partial charge is 0.445 e. The van der Waals surface area contributed by atoms with Gasteiger partial charge in [0.25, 0.3) is 5.91 Å². The van der Waals surface area contributed by atoms with Crippen molar-refractivity contribution in [2.24, 2.45) is 10.4 Å². The fraction of sp³-hybridized carbons (Fsp3) is 0.406. The van der Waals surface area contributed by atoms with Crippen LogP contribution in [0.5, 0.6) is 0 Å². The van der Waals surface area contributed by atoms with Crippen LogP contribution < -0.4 is 10.2 Å². The number of alkyl carbamates (subject to hydrolysis) is 1. The second kappa shape index (κ2) is 13.5. The molecule has 1 aromatic heterocycles. The smallest absolute Gasteiger partial charge is 0.409 e. The summed E-state index contributed by atoms with van der Waals surface area (Å²) in [4.78, 5) is 46.1. The lowest BCUT2D eigenvalue weighted by atomic mass is 9.90. The third-order valence-corrected chi connectivity index (χ3v) is 8.62. The summed E-state index contributed by atoms with van der Waals surface area (Å²) in [5.74, 6) is -0.685. The number of ether oxygens (including phenoxy) is 2. The average molecular weight is 604 g/mol. The Hall–Kier alpha value is -4.09. The Kier molecular flexibility index (Phi) is 9.97. The molecule has 0 radical (unpaired) electrons. The minimum Gasteiger partial charge on any atom is -0.445 e. The third kappa shape index (κ3) is 8.71. The number of nitrogens with zero attached hydrogens (tertiary/aromatic N) is 4. The molecule has 0 aliphatic carbocycles. The lowest BCUT2D eigenvalue weighted by molar-refractivity contribution is -0.127. The predicted molar refractivity (Wildman–Crippen MR) is 169 cm³/mol. The van der Waals surface area contributed by atoms with E-state index in [2.05, 4.69) is 30.1 Å². The molecule has 1 unspecified atom stereocenters. The van der Waals surface area contributed by atoms with E-state index in [4.69, 9.17) is 14.5 Å². The zero-order chi connectivity index (χ0) is 31.2. The molecular weight excluding hydrogens is 562 g/mol. The van der Waals surface area contributed by atoms with Gasteiger partial charge in [-0.25, -0.2) is 14.5 Å². The number of benzene rings is 2. The van der Waals surface area contributed by atoms with Crippen LogP contribution in [0.2, 0.25) is 25.7 Å². The number of hydrogen-bond donors (Lipinski definition) is 1. The van der Waals surface area contributed by atoms with Crippen LogP contribution in [0.25, 0.3) is 0 Å². The Balaban J connectivity index is 1.65. The minimum absolute atomic E-state index is 0.0265. The van der Waals surface area contributed by atoms with Crippen LogP contribution in [0, 0.1) is 5.41 Å². The van der Waals surface area contributed by atoms with Gasteiger partial charge in [0, 0.05) is 31.9 Å². The maximum absolute atomic E-state index is 14.0. The van der Waals surface area contributed by atoms with Gasteiger partial charge in [-0.1, -0.05) is 88.9 Å². The highest BCUT2D eigenvalue weighted by Gasteiger charge is 2.36. The van der Waals surface area contributed by atoms with Crippen molar-refractivity contribution in [2.75, 3.05) is 18.1 Å². The van der Waals surface area contributed by atoms with E-state index in [0.29, 0.717) is 29.3 Å². The number of Topliss-reactive ketones (excluding diaryl/α,β-unsaturated/α-hetero) is 1. The zero-order valence-electron chi connectivity index (χ0n) is 25.8. The van der Waals surface area contributed by atoms with Gasteiger partial charge in [0.1, 0.15) is 19.0 Å². The number of carbonyl (C=O) groups excluding carboxylic acids is 3. The molecule has 0 saturated heterocycles. The standard InChI is InChI=1S/C32H41N5O5Si/c1-32(2,3)27(38)20-37-26-15-11-10-14-24(26)28(25-16-17-36(35-25)22-41-18-19-43(4,5)6)33-29(30(37)39)34-31(40)42-21-23-12-8-7-9-13-23/h7-17,29H,18-22H2,1-6H3,(H,34,40). The van der Waals surface area contributed by atoms with Crippen LogP contribution in [-0.4, -0.2) is 60.7 Å². The van der Waals surface area contributed by atoms with Crippen LogP contribution in [0.15, 0.2) is 71.9 Å². The van der Waals surface area contributed by atoms with Gasteiger partial charge >= 0.3 is 6.09 Å². The second-order valence-corrected chi connectivity index (χ2v) is 18.4. The van der Waals surface area contributed by atoms with Crippen molar-refractivity contribution in [1.82, 2.24) is 15.1 Å². The first-order chi connectivity index (χ1) is 20.3. The number of nitrogens with one attached hydrogen (secondary N) is 1. The number of ketones is 1. The Bertz CT molecular complexity index is 1470. The molecule has 3 aromatic rings. The van der Waals surface area contributed by atoms with Gasteiger partial charge in [0.15, 0.2) is 5.78 Å². The van der Waals surface area contributed by atoms with Crippen molar-refractivity contribution in [3.63, 3.8) is 0 Å². The maximum atomic E-state index is 14.0. The molecule has 1 aliphatic heterocycles. The van der Waals surface area contributed by atoms with Crippen LogP contribution in [-0.2, 0) is 32.4 Å². The second-order valence-electron chi connectivity index (χ2n) is 12.8. The van der Waals surface area contributed by atoms with Crippen molar-refractivity contribution in [3.8, 4) is 0 Å². The zero-order valence-corrected chi connectivity index (χ0v) is 26.8. The summed E-state index contributed by atoms with van der Waals surface area (Å²) in [5, 5.41) is 7.29. The van der Waals surface area contributed by atoms with Crippen LogP contribution in [0.3, 0.4) is 0 Å². The first-order valence-electron chi connectivity index (χ1n) is 14.4. The molecule has 43 heavy (non-hydrogen) atoms. The van der Waals surface area contributed by atoms with Crippen molar-refractivity contribution >= 4 is 37.3 Å². The highest BCUT2D eigenvalue weighted by atomic mass is 28.3. The fourth-order valence-corrected chi connectivity index (χ4v) is 5.00. The molecule has 1 atom stereocenters. The number of fused-ring (bicyclic) bond motifs is 1. The third-order valence-electron chi connectivity index (χ3n) is 6.92. The van der Waals surface area contributed by atoms with Crippen LogP contribution in [0.4, 0.5) is 10.5 Å². The molecule has 0 spiro atoms. The lowest BCUT2D eigenvalue weighted by Gasteiger charge is -2.27. The van der Waals surface area contributed by atoms with E-state index in [1.807, 2.05) is 42.5 Å². The molecule has 228 valence electrons. The van der Waals surface area contributed by atoms with E-state index in [1.165, 1.54) is 4.90 Å². The topological polar surface area (TPSA) is 115 Å². The molecule has 2 aromatic carbocycles. The number of rotatable bonds is 11. The van der Waals surface area contributed by atoms with Crippen LogP contribution in [0.1, 0.15) is 37.6 Å². The van der Waals surface area contributed by atoms with E-state index in [1.54, 1.807) is 49.8 Å². The number of para-hydroxylation sites is 1. The van der Waals surface area contributed by atoms with E-state index >= 15 is 0 Å². The SMILES string of the molecule is CC(C)(C)C(=O)CN1C(=O)C(NC(=O)OCc2ccccc2)N=C(c2ccn(COCC[Si](C)(C)C)n2)c2ccccc21. The van der Waals surface area contributed by atoms with Crippen molar-refractivity contribution in [1.29, 1.82) is 0 Å². The molecule has 1 N–H and O–H groups in total. The molecule has 10 nitrogen and oxygen atoms in total. The highest BCUT2D eigenvalue weighted by Crippen LogP contribution is 2.29. The molecule has 0 bridgehead atoms. The van der Waals surface area contributed by atoms with Gasteiger partial charge in [-0.05, 0) is 23.7 Å². The number of hydrogen-bond acceptors (Lipinski definition) is 7. The number of benzodiazepines with no additional fused rings is 1. The summed E-state index contributed by atoms with van der Waals surface area (Å²) < 4.78 is 12.9. The summed E-state index contributed by atoms with van der Waals surface area (Å²) in [6.07, 6.45) is -0.365. The number of amides is 2. The van der Waals surface area contributed by atoms with Gasteiger partial charge in [-0.3, -0.25) is 14.9 Å². The van der Waals surface area contributed by atoms with Gasteiger partial charge in [-0.15, -0.1) is 0 Å². The molecule has 2 heterocycles. The van der Waals surface area contributed by atoms with E-state index in [9.17, 15) is 14.4 Å². The first kappa shape index (κ1) is 31.8. The molecule has 0 fully saturated rings. The van der Waals surface area contributed by atoms with E-state index in [0.717, 1.165) is 11.6 Å². The number of aromatic nitrogens is 2. The fourth-order valence-electron chi connectivity index (χ4n) is 4.24. The minimum atomic E-state index is -1.35. The average Bonchev–Trinajstić information content (AvgIpc) is 3.39. The monoisotopic (exact) mass is 603 g/mol. The molecular formula is C32H41N5O5Si. The number of carbonyl (C=O) groups is 3. The molecule has 0 saturated carbocycles. The van der Waals surface area contributed by atoms with Crippen molar-refractivity contribution in [2.45, 2.75) is 66.0 Å². The van der Waals surface area contributed by atoms with E-state index < -0.39 is 31.7 Å². The summed E-state index contributed by atoms with van der Waals surface area (Å²) in [7, 11) is -1.22. The summed E-state index contributed by atoms with van der Waals surface area (Å²) >= 11 is 0. The number of anilines is 1. The highest BCUT2D eigenvalue weighted by molar-refractivity contribution is 6.76. The van der Waals surface area contributed by atoms with Crippen molar-refractivity contribution in [3.05, 3.63) is 83.7 Å². The summed E-state index contributed by atoms with van der Waals surface area (Å²) in [6, 6.07) is 19.3. The van der Waals surface area contributed by atoms with Gasteiger partial charge in [0.2, 0.25) is 6.17 Å². The first-order valence-corrected chi connectivity index (χ1v) is 18.1. The van der Waals surface area contributed by atoms with Gasteiger partial charge < -0.3 is 14.4 Å². The van der Waals surface area contributed by atoms with Gasteiger partial charge in [0.05, 0.1) is 17.9 Å². The van der Waals surface area contributed by atoms with Gasteiger partial charge in [-0.2, -0.15) is 5.10 Å². The summed E-state index contributed by atoms with van der Waals surface area (Å²) in [6.45, 7) is 13.1. The molecule has 4 rings (SSSR count). The molecule has 1 aliphatic rings. The predicted octanol–water partition coefficient (Wildman–Crippen LogP) is 5.25. The van der Waals surface area contributed by atoms with Crippen molar-refractivity contribution < 1.29 is 23.9 Å². The quantitative estimate of drug-likeness (QED) is 0.237. The number of aliphatic imine (C=N–C) groups is 1. The molecule has 2 amide bonds. The Morgan fingerprint density at radius 2 is 1.70 bits per heavy atom. The molecule has 11 heteroatoms. The van der Waals surface area contributed by atoms with E-state index in [-0.39, 0.29) is 25.7 Å². The Morgan fingerprint density at radius 1 is 1.00 bits per heavy atom. The normalized spacial score (nSPS) is 15.4. The Labute approximate surface area is 254 Å². The lowest BCUT2D eigenvalue weighted by Crippen LogP contribution is -2.50. The Morgan fingerprint density at radius 3 is 2.40 bits per heavy atom. The maximum Gasteiger partial charge on any atom is 0.409 e. The summed E-state index contributed by atoms with van der Waals surface area (Å²) in [5.41, 5.74) is 2.15. The van der Waals surface area contributed by atoms with Crippen LogP contribution >= 0.6 is 0 Å².